The fourth-order valence-corrected chi connectivity index (χ4v) is 4.36. The molecule has 2 aromatic carbocycles. The first-order chi connectivity index (χ1) is 15.1. The van der Waals surface area contributed by atoms with Crippen molar-refractivity contribution in [3.8, 4) is 0 Å². The summed E-state index contributed by atoms with van der Waals surface area (Å²) in [6.07, 6.45) is 2.60. The molecule has 0 bridgehead atoms. The Morgan fingerprint density at radius 1 is 1.25 bits per heavy atom. The summed E-state index contributed by atoms with van der Waals surface area (Å²) in [6.45, 7) is 8.77. The fraction of sp³-hybridized carbons (Fsp3) is 0.360. The van der Waals surface area contributed by atoms with Crippen LogP contribution in [0.1, 0.15) is 50.1 Å². The number of nitrogens with zero attached hydrogens (tertiary/aromatic N) is 2. The van der Waals surface area contributed by atoms with E-state index < -0.39 is 5.60 Å². The number of imidazole rings is 1. The van der Waals surface area contributed by atoms with Crippen LogP contribution < -0.4 is 0 Å². The van der Waals surface area contributed by atoms with Crippen molar-refractivity contribution >= 4 is 44.7 Å². The van der Waals surface area contributed by atoms with Gasteiger partial charge in [-0.15, -0.1) is 0 Å². The average Bonchev–Trinajstić information content (AvgIpc) is 3.11. The summed E-state index contributed by atoms with van der Waals surface area (Å²) in [5, 5.41) is 0.709. The molecule has 0 radical (unpaired) electrons. The Labute approximate surface area is 201 Å². The zero-order chi connectivity index (χ0) is 23.0. The fourth-order valence-electron chi connectivity index (χ4n) is 3.94. The maximum absolute atomic E-state index is 12.5. The number of aromatic amines is 1. The number of ether oxygens (including phenoxy) is 1. The number of H-pyrrole nitrogens is 1. The van der Waals surface area contributed by atoms with Gasteiger partial charge in [0.15, 0.2) is 0 Å². The maximum atomic E-state index is 12.5. The highest BCUT2D eigenvalue weighted by Crippen LogP contribution is 2.36. The first kappa shape index (κ1) is 22.9. The molecule has 1 unspecified atom stereocenters. The van der Waals surface area contributed by atoms with E-state index in [9.17, 15) is 4.79 Å². The maximum Gasteiger partial charge on any atom is 0.410 e. The van der Waals surface area contributed by atoms with Crippen LogP contribution in [0.15, 0.2) is 52.5 Å². The molecule has 1 aromatic heterocycles. The number of hydrogen-bond donors (Lipinski definition) is 1. The molecule has 0 spiro atoms. The lowest BCUT2D eigenvalue weighted by Gasteiger charge is -2.31. The zero-order valence-corrected chi connectivity index (χ0v) is 21.0. The SMILES string of the molecule is Cc1cc2[nH]c(C(C3=CCN(C(=O)OC(C)(C)C)CC3)c3ccc(Br)cc3)nc2cc1Cl. The molecule has 7 heteroatoms. The van der Waals surface area contributed by atoms with Gasteiger partial charge in [0.05, 0.1) is 17.0 Å². The van der Waals surface area contributed by atoms with Crippen molar-refractivity contribution in [1.29, 1.82) is 0 Å². The van der Waals surface area contributed by atoms with E-state index in [0.29, 0.717) is 18.1 Å². The number of nitrogens with one attached hydrogen (secondary N) is 1. The van der Waals surface area contributed by atoms with E-state index in [-0.39, 0.29) is 12.0 Å². The lowest BCUT2D eigenvalue weighted by molar-refractivity contribution is 0.0265. The molecule has 1 aliphatic rings. The van der Waals surface area contributed by atoms with Crippen LogP contribution >= 0.6 is 27.5 Å². The zero-order valence-electron chi connectivity index (χ0n) is 18.7. The molecular formula is C25H27BrClN3O2. The number of benzene rings is 2. The molecule has 1 amide bonds. The Balaban J connectivity index is 1.68. The Morgan fingerprint density at radius 2 is 1.97 bits per heavy atom. The third-order valence-electron chi connectivity index (χ3n) is 5.52. The molecule has 1 aliphatic heterocycles. The highest BCUT2D eigenvalue weighted by molar-refractivity contribution is 9.10. The number of aryl methyl sites for hydroxylation is 1. The van der Waals surface area contributed by atoms with Gasteiger partial charge in [-0.1, -0.05) is 51.3 Å². The quantitative estimate of drug-likeness (QED) is 0.382. The number of aromatic nitrogens is 2. The molecule has 4 rings (SSSR count). The molecule has 168 valence electrons. The van der Waals surface area contributed by atoms with Crippen LogP contribution in [0.2, 0.25) is 5.02 Å². The van der Waals surface area contributed by atoms with Gasteiger partial charge in [-0.3, -0.25) is 0 Å². The van der Waals surface area contributed by atoms with Crippen molar-refractivity contribution in [3.05, 3.63) is 74.5 Å². The molecule has 3 aromatic rings. The Morgan fingerprint density at radius 3 is 2.59 bits per heavy atom. The van der Waals surface area contributed by atoms with E-state index in [1.54, 1.807) is 4.90 Å². The Kier molecular flexibility index (Phi) is 6.37. The van der Waals surface area contributed by atoms with Gasteiger partial charge in [0.2, 0.25) is 0 Å². The Hall–Kier alpha value is -2.31. The second-order valence-electron chi connectivity index (χ2n) is 9.18. The second-order valence-corrected chi connectivity index (χ2v) is 10.5. The number of fused-ring (bicyclic) bond motifs is 1. The lowest BCUT2D eigenvalue weighted by atomic mass is 9.87. The van der Waals surface area contributed by atoms with Crippen LogP contribution in [0.5, 0.6) is 0 Å². The lowest BCUT2D eigenvalue weighted by Crippen LogP contribution is -2.39. The summed E-state index contributed by atoms with van der Waals surface area (Å²) in [7, 11) is 0. The number of carbonyl (C=O) groups excluding carboxylic acids is 1. The third kappa shape index (κ3) is 5.02. The van der Waals surface area contributed by atoms with E-state index in [4.69, 9.17) is 21.3 Å². The molecule has 0 saturated heterocycles. The van der Waals surface area contributed by atoms with Crippen LogP contribution in [0.3, 0.4) is 0 Å². The third-order valence-corrected chi connectivity index (χ3v) is 6.46. The van der Waals surface area contributed by atoms with E-state index in [2.05, 4.69) is 39.1 Å². The second kappa shape index (κ2) is 8.91. The van der Waals surface area contributed by atoms with Crippen molar-refractivity contribution < 1.29 is 9.53 Å². The minimum Gasteiger partial charge on any atom is -0.444 e. The average molecular weight is 517 g/mol. The molecule has 2 heterocycles. The monoisotopic (exact) mass is 515 g/mol. The van der Waals surface area contributed by atoms with Crippen LogP contribution in [0.25, 0.3) is 11.0 Å². The highest BCUT2D eigenvalue weighted by atomic mass is 79.9. The van der Waals surface area contributed by atoms with Crippen LogP contribution in [-0.4, -0.2) is 39.7 Å². The van der Waals surface area contributed by atoms with Crippen molar-refractivity contribution in [2.45, 2.75) is 45.6 Å². The standard InChI is InChI=1S/C25H27BrClN3O2/c1-15-13-20-21(14-19(15)27)29-23(28-20)22(16-5-7-18(26)8-6-16)17-9-11-30(12-10-17)24(31)32-25(2,3)4/h5-9,13-14,22H,10-12H2,1-4H3,(H,28,29). The molecule has 1 atom stereocenters. The summed E-state index contributed by atoms with van der Waals surface area (Å²) in [5.74, 6) is 0.844. The smallest absolute Gasteiger partial charge is 0.410 e. The number of amides is 1. The molecule has 5 nitrogen and oxygen atoms in total. The van der Waals surface area contributed by atoms with Gasteiger partial charge >= 0.3 is 6.09 Å². The summed E-state index contributed by atoms with van der Waals surface area (Å²) >= 11 is 9.86. The number of carbonyl (C=O) groups is 1. The van der Waals surface area contributed by atoms with E-state index in [0.717, 1.165) is 38.9 Å². The van der Waals surface area contributed by atoms with Gasteiger partial charge in [0.1, 0.15) is 11.4 Å². The normalized spacial score (nSPS) is 15.6. The summed E-state index contributed by atoms with van der Waals surface area (Å²) in [6, 6.07) is 12.3. The van der Waals surface area contributed by atoms with Crippen molar-refractivity contribution in [2.75, 3.05) is 13.1 Å². The van der Waals surface area contributed by atoms with Gasteiger partial charge in [0, 0.05) is 22.6 Å². The predicted octanol–water partition coefficient (Wildman–Crippen LogP) is 6.99. The minimum atomic E-state index is -0.505. The van der Waals surface area contributed by atoms with Gasteiger partial charge in [0.25, 0.3) is 0 Å². The molecular weight excluding hydrogens is 490 g/mol. The topological polar surface area (TPSA) is 58.2 Å². The molecule has 32 heavy (non-hydrogen) atoms. The molecule has 0 saturated carbocycles. The largest absolute Gasteiger partial charge is 0.444 e. The van der Waals surface area contributed by atoms with Gasteiger partial charge in [-0.2, -0.15) is 0 Å². The Bertz CT molecular complexity index is 1140. The molecule has 0 aliphatic carbocycles. The van der Waals surface area contributed by atoms with E-state index in [1.165, 1.54) is 5.57 Å². The van der Waals surface area contributed by atoms with Gasteiger partial charge in [-0.25, -0.2) is 9.78 Å². The van der Waals surface area contributed by atoms with Crippen molar-refractivity contribution in [2.24, 2.45) is 0 Å². The van der Waals surface area contributed by atoms with Crippen LogP contribution in [0.4, 0.5) is 4.79 Å². The molecule has 0 fully saturated rings. The summed E-state index contributed by atoms with van der Waals surface area (Å²) in [4.78, 5) is 22.6. The first-order valence-electron chi connectivity index (χ1n) is 10.7. The van der Waals surface area contributed by atoms with Crippen LogP contribution in [-0.2, 0) is 4.74 Å². The number of hydrogen-bond acceptors (Lipinski definition) is 3. The number of rotatable bonds is 3. The minimum absolute atomic E-state index is 0.0321. The highest BCUT2D eigenvalue weighted by Gasteiger charge is 2.28. The predicted molar refractivity (Wildman–Crippen MR) is 132 cm³/mol. The summed E-state index contributed by atoms with van der Waals surface area (Å²) in [5.41, 5.74) is 4.70. The van der Waals surface area contributed by atoms with Crippen LogP contribution in [0, 0.1) is 6.92 Å². The van der Waals surface area contributed by atoms with Crippen molar-refractivity contribution in [1.82, 2.24) is 14.9 Å². The van der Waals surface area contributed by atoms with E-state index >= 15 is 0 Å². The molecule has 1 N–H and O–H groups in total. The van der Waals surface area contributed by atoms with E-state index in [1.807, 2.05) is 52.0 Å². The van der Waals surface area contributed by atoms with Gasteiger partial charge < -0.3 is 14.6 Å². The number of halogens is 2. The van der Waals surface area contributed by atoms with Gasteiger partial charge in [-0.05, 0) is 69.5 Å². The first-order valence-corrected chi connectivity index (χ1v) is 11.9. The van der Waals surface area contributed by atoms with Crippen molar-refractivity contribution in [3.63, 3.8) is 0 Å². The summed E-state index contributed by atoms with van der Waals surface area (Å²) < 4.78 is 6.57.